The molecule has 4 aliphatic heterocycles. The molecule has 0 spiro atoms. The Bertz CT molecular complexity index is 1920. The number of hydrogen-bond acceptors (Lipinski definition) is 10. The first kappa shape index (κ1) is 41.8. The zero-order valence-corrected chi connectivity index (χ0v) is 35.0. The molecule has 11 heteroatoms. The second-order valence-electron chi connectivity index (χ2n) is 17.2. The Morgan fingerprint density at radius 1 is 1.04 bits per heavy atom. The Balaban J connectivity index is 1.41. The van der Waals surface area contributed by atoms with Crippen LogP contribution in [0.3, 0.4) is 0 Å². The van der Waals surface area contributed by atoms with Crippen molar-refractivity contribution in [2.75, 3.05) is 33.8 Å². The predicted octanol–water partition coefficient (Wildman–Crippen LogP) is 6.31. The van der Waals surface area contributed by atoms with Crippen molar-refractivity contribution < 1.29 is 38.4 Å². The Kier molecular flexibility index (Phi) is 12.4. The van der Waals surface area contributed by atoms with Gasteiger partial charge in [0.05, 0.1) is 30.4 Å². The monoisotopic (exact) mass is 771 g/mol. The number of hydrogen-bond donors (Lipinski definition) is 1. The average Bonchev–Trinajstić information content (AvgIpc) is 3.26. The molecule has 4 heterocycles. The fourth-order valence-corrected chi connectivity index (χ4v) is 9.54. The van der Waals surface area contributed by atoms with Gasteiger partial charge in [-0.1, -0.05) is 68.5 Å². The maximum atomic E-state index is 13.8. The van der Waals surface area contributed by atoms with Crippen LogP contribution in [0.5, 0.6) is 0 Å². The highest BCUT2D eigenvalue weighted by atomic mass is 16.7. The minimum absolute atomic E-state index is 0.0909. The fraction of sp³-hybridized carbons (Fsp3) is 0.622. The number of aliphatic hydroxyl groups excluding tert-OH is 1. The molecule has 6 rings (SSSR count). The Hall–Kier alpha value is -3.79. The smallest absolute Gasteiger partial charge is 0.410 e. The van der Waals surface area contributed by atoms with Crippen LogP contribution in [0, 0.1) is 36.5 Å². The van der Waals surface area contributed by atoms with Gasteiger partial charge in [0, 0.05) is 41.3 Å². The highest BCUT2D eigenvalue weighted by Crippen LogP contribution is 2.43. The number of aliphatic hydroxyl groups is 1. The lowest BCUT2D eigenvalue weighted by Crippen LogP contribution is -2.59. The van der Waals surface area contributed by atoms with E-state index in [0.29, 0.717) is 31.5 Å². The molecule has 12 atom stereocenters. The van der Waals surface area contributed by atoms with Crippen LogP contribution >= 0.6 is 0 Å². The molecule has 0 aromatic heterocycles. The molecular weight excluding hydrogens is 711 g/mol. The fourth-order valence-electron chi connectivity index (χ4n) is 9.54. The van der Waals surface area contributed by atoms with Gasteiger partial charge in [0.25, 0.3) is 0 Å². The largest absolute Gasteiger partial charge is 0.455 e. The third-order valence-corrected chi connectivity index (χ3v) is 12.5. The van der Waals surface area contributed by atoms with Crippen LogP contribution in [0.4, 0.5) is 4.79 Å². The predicted molar refractivity (Wildman–Crippen MR) is 216 cm³/mol. The van der Waals surface area contributed by atoms with Crippen LogP contribution in [0.25, 0.3) is 10.8 Å². The van der Waals surface area contributed by atoms with Crippen molar-refractivity contribution in [1.29, 1.82) is 0 Å². The summed E-state index contributed by atoms with van der Waals surface area (Å²) < 4.78 is 32.4. The first-order chi connectivity index (χ1) is 26.4. The SMILES string of the molecule is C/C1=C\[C@H](C)[C@@H](O[C@H]2O[C@@H](C)C[C@@H](N(C)C)C2O)[C@@](C)(OCC#Cc2ccc3cc(C)ccc3c2)C[C@@H](C)C2=NCCN3C(=O)O[C@](C)([C@H](C)OC1=O)[C@H]3[C@@H]2C. The van der Waals surface area contributed by atoms with E-state index in [9.17, 15) is 14.7 Å². The summed E-state index contributed by atoms with van der Waals surface area (Å²) in [6, 6.07) is 11.9. The van der Waals surface area contributed by atoms with Gasteiger partial charge in [0.1, 0.15) is 18.8 Å². The summed E-state index contributed by atoms with van der Waals surface area (Å²) in [6.07, 6.45) is -1.02. The quantitative estimate of drug-likeness (QED) is 0.276. The highest BCUT2D eigenvalue weighted by molar-refractivity contribution is 5.91. The molecule has 2 bridgehead atoms. The molecule has 56 heavy (non-hydrogen) atoms. The van der Waals surface area contributed by atoms with Crippen LogP contribution in [0.1, 0.15) is 79.4 Å². The zero-order valence-electron chi connectivity index (χ0n) is 35.0. The minimum Gasteiger partial charge on any atom is -0.455 e. The lowest BCUT2D eigenvalue weighted by Gasteiger charge is -2.47. The van der Waals surface area contributed by atoms with E-state index in [1.165, 1.54) is 5.56 Å². The summed E-state index contributed by atoms with van der Waals surface area (Å²) in [6.45, 7) is 18.5. The number of aliphatic imine (C=N–C) groups is 1. The van der Waals surface area contributed by atoms with E-state index in [-0.39, 0.29) is 30.6 Å². The molecule has 2 aromatic rings. The molecule has 1 unspecified atom stereocenters. The van der Waals surface area contributed by atoms with Crippen LogP contribution in [0.15, 0.2) is 53.0 Å². The van der Waals surface area contributed by atoms with E-state index >= 15 is 0 Å². The van der Waals surface area contributed by atoms with E-state index in [4.69, 9.17) is 28.7 Å². The van der Waals surface area contributed by atoms with Crippen molar-refractivity contribution >= 4 is 28.5 Å². The number of fused-ring (bicyclic) bond motifs is 2. The summed E-state index contributed by atoms with van der Waals surface area (Å²) >= 11 is 0. The Morgan fingerprint density at radius 3 is 2.48 bits per heavy atom. The van der Waals surface area contributed by atoms with Gasteiger partial charge in [-0.15, -0.1) is 0 Å². The van der Waals surface area contributed by atoms with Crippen LogP contribution < -0.4 is 0 Å². The number of ether oxygens (including phenoxy) is 5. The molecule has 304 valence electrons. The van der Waals surface area contributed by atoms with Gasteiger partial charge in [-0.25, -0.2) is 9.59 Å². The summed E-state index contributed by atoms with van der Waals surface area (Å²) in [5.41, 5.74) is 1.25. The van der Waals surface area contributed by atoms with Crippen LogP contribution in [0.2, 0.25) is 0 Å². The van der Waals surface area contributed by atoms with Crippen molar-refractivity contribution in [2.45, 2.75) is 129 Å². The first-order valence-electron chi connectivity index (χ1n) is 20.1. The molecule has 0 radical (unpaired) electrons. The molecule has 11 nitrogen and oxygen atoms in total. The molecule has 0 aliphatic carbocycles. The molecule has 2 saturated heterocycles. The van der Waals surface area contributed by atoms with Crippen molar-refractivity contribution in [1.82, 2.24) is 9.80 Å². The van der Waals surface area contributed by atoms with Crippen molar-refractivity contribution in [3.63, 3.8) is 0 Å². The van der Waals surface area contributed by atoms with Crippen molar-refractivity contribution in [3.8, 4) is 11.8 Å². The number of amides is 1. The van der Waals surface area contributed by atoms with Gasteiger partial charge < -0.3 is 33.7 Å². The zero-order chi connectivity index (χ0) is 40.7. The third-order valence-electron chi connectivity index (χ3n) is 12.5. The molecule has 1 amide bonds. The van der Waals surface area contributed by atoms with E-state index in [1.807, 2.05) is 58.8 Å². The first-order valence-corrected chi connectivity index (χ1v) is 20.1. The Labute approximate surface area is 332 Å². The summed E-state index contributed by atoms with van der Waals surface area (Å²) in [5.74, 6) is 5.26. The van der Waals surface area contributed by atoms with Gasteiger partial charge >= 0.3 is 12.1 Å². The molecule has 0 saturated carbocycles. The van der Waals surface area contributed by atoms with Crippen LogP contribution in [-0.4, -0.2) is 120 Å². The van der Waals surface area contributed by atoms with Crippen molar-refractivity contribution in [2.24, 2.45) is 22.7 Å². The average molecular weight is 772 g/mol. The van der Waals surface area contributed by atoms with Crippen molar-refractivity contribution in [3.05, 3.63) is 59.2 Å². The highest BCUT2D eigenvalue weighted by Gasteiger charge is 2.59. The topological polar surface area (TPSA) is 119 Å². The molecule has 2 fully saturated rings. The Morgan fingerprint density at radius 2 is 1.75 bits per heavy atom. The summed E-state index contributed by atoms with van der Waals surface area (Å²) in [7, 11) is 3.89. The van der Waals surface area contributed by atoms with E-state index in [2.05, 4.69) is 62.9 Å². The third kappa shape index (κ3) is 8.41. The molecular formula is C45H61N3O8. The standard InChI is InChI=1S/C45H61N3O8/c1-26-14-16-35-24-33(15-17-34(35)21-26)13-12-20-52-44(8)25-29(4)37-31(6)39-45(9,56-43(51)48(39)19-18-46-37)32(7)54-41(50)28(3)22-27(2)40(44)55-42-38(49)36(47(10)11)23-30(5)53-42/h14-17,21-22,24,27,29-32,36,38-40,42,49H,18-20,23,25H2,1-11H3/b28-22+/t27-,29+,30-,31+,32-,36+,38?,39+,40+,42+,44-,45+/m0/s1. The van der Waals surface area contributed by atoms with Gasteiger partial charge in [0.15, 0.2) is 11.9 Å². The van der Waals surface area contributed by atoms with Gasteiger partial charge in [-0.05, 0) is 97.3 Å². The number of benzene rings is 2. The maximum absolute atomic E-state index is 13.8. The number of carbonyl (C=O) groups is 2. The summed E-state index contributed by atoms with van der Waals surface area (Å²) in [4.78, 5) is 36.0. The van der Waals surface area contributed by atoms with E-state index in [0.717, 1.165) is 22.0 Å². The number of likely N-dealkylation sites (N-methyl/N-ethyl adjacent to an activating group) is 1. The summed E-state index contributed by atoms with van der Waals surface area (Å²) in [5, 5.41) is 13.9. The second kappa shape index (κ2) is 16.6. The van der Waals surface area contributed by atoms with Gasteiger partial charge in [0.2, 0.25) is 0 Å². The number of cyclic esters (lactones) is 1. The molecule has 4 aliphatic rings. The maximum Gasteiger partial charge on any atom is 0.410 e. The lowest BCUT2D eigenvalue weighted by molar-refractivity contribution is -0.295. The number of esters is 1. The number of carbonyl (C=O) groups excluding carboxylic acids is 2. The number of aryl methyl sites for hydroxylation is 1. The van der Waals surface area contributed by atoms with Gasteiger partial charge in [-0.3, -0.25) is 9.89 Å². The molecule has 1 N–H and O–H groups in total. The normalized spacial score (nSPS) is 37.7. The lowest BCUT2D eigenvalue weighted by atomic mass is 9.74. The van der Waals surface area contributed by atoms with E-state index in [1.54, 1.807) is 18.7 Å². The number of rotatable bonds is 5. The van der Waals surface area contributed by atoms with Crippen LogP contribution in [-0.2, 0) is 28.5 Å². The molecule has 2 aromatic carbocycles. The minimum atomic E-state index is -1.11. The van der Waals surface area contributed by atoms with Gasteiger partial charge in [-0.2, -0.15) is 0 Å². The second-order valence-corrected chi connectivity index (χ2v) is 17.2. The van der Waals surface area contributed by atoms with E-state index < -0.39 is 59.8 Å². The number of nitrogens with zero attached hydrogens (tertiary/aromatic N) is 3.